The Labute approximate surface area is 151 Å². The van der Waals surface area contributed by atoms with Crippen LogP contribution in [0.2, 0.25) is 0 Å². The molecule has 4 rings (SSSR count). The SMILES string of the molecule is C(C1CCCC1)=P(c1ccccc1)(c1ccccc1)c1ccccc1. The quantitative estimate of drug-likeness (QED) is 0.586. The summed E-state index contributed by atoms with van der Waals surface area (Å²) in [5, 5.41) is 4.41. The molecule has 25 heavy (non-hydrogen) atoms. The standard InChI is InChI=1S/C24H25P/c1-4-14-22(15-5-1)25(20-21-12-10-11-13-21,23-16-6-2-7-17-23)24-18-8-3-9-19-24/h1-9,14-21H,10-13H2. The highest BCUT2D eigenvalue weighted by Crippen LogP contribution is 2.46. The van der Waals surface area contributed by atoms with Crippen molar-refractivity contribution in [3.05, 3.63) is 91.0 Å². The van der Waals surface area contributed by atoms with Gasteiger partial charge in [-0.25, -0.2) is 0 Å². The Kier molecular flexibility index (Phi) is 4.90. The number of benzene rings is 3. The maximum Gasteiger partial charge on any atom is -0.0163 e. The molecular formula is C24H25P. The molecule has 0 spiro atoms. The Morgan fingerprint density at radius 3 is 1.28 bits per heavy atom. The topological polar surface area (TPSA) is 0 Å². The maximum atomic E-state index is 2.75. The van der Waals surface area contributed by atoms with Crippen LogP contribution in [0.4, 0.5) is 0 Å². The van der Waals surface area contributed by atoms with Gasteiger partial charge in [-0.15, -0.1) is 0 Å². The first kappa shape index (κ1) is 16.4. The van der Waals surface area contributed by atoms with Crippen molar-refractivity contribution in [2.24, 2.45) is 5.92 Å². The van der Waals surface area contributed by atoms with E-state index in [2.05, 4.69) is 96.8 Å². The van der Waals surface area contributed by atoms with Crippen molar-refractivity contribution in [2.75, 3.05) is 0 Å². The van der Waals surface area contributed by atoms with Crippen molar-refractivity contribution in [1.82, 2.24) is 0 Å². The third-order valence-electron chi connectivity index (χ3n) is 5.32. The van der Waals surface area contributed by atoms with Gasteiger partial charge in [0.1, 0.15) is 0 Å². The molecule has 0 aliphatic heterocycles. The molecule has 1 heteroatoms. The Hall–Kier alpha value is -2.04. The number of hydrogen-bond donors (Lipinski definition) is 0. The third kappa shape index (κ3) is 3.24. The number of hydrogen-bond acceptors (Lipinski definition) is 0. The van der Waals surface area contributed by atoms with Crippen LogP contribution < -0.4 is 15.9 Å². The normalized spacial score (nSPS) is 15.2. The molecule has 1 saturated carbocycles. The molecule has 0 N–H and O–H groups in total. The summed E-state index contributed by atoms with van der Waals surface area (Å²) in [5.41, 5.74) is 0. The summed E-state index contributed by atoms with van der Waals surface area (Å²) in [5.74, 6) is 3.48. The molecule has 3 aromatic carbocycles. The molecule has 0 unspecified atom stereocenters. The lowest BCUT2D eigenvalue weighted by molar-refractivity contribution is 0.752. The van der Waals surface area contributed by atoms with Crippen LogP contribution in [0.3, 0.4) is 0 Å². The zero-order valence-corrected chi connectivity index (χ0v) is 15.5. The van der Waals surface area contributed by atoms with E-state index in [4.69, 9.17) is 0 Å². The first-order chi connectivity index (χ1) is 12.4. The van der Waals surface area contributed by atoms with Crippen molar-refractivity contribution >= 4 is 28.6 Å². The van der Waals surface area contributed by atoms with Gasteiger partial charge in [-0.1, -0.05) is 110 Å². The van der Waals surface area contributed by atoms with E-state index in [1.807, 2.05) is 0 Å². The highest BCUT2D eigenvalue weighted by molar-refractivity contribution is 7.94. The molecule has 1 aliphatic carbocycles. The van der Waals surface area contributed by atoms with Gasteiger partial charge in [-0.2, -0.15) is 0 Å². The van der Waals surface area contributed by atoms with E-state index in [9.17, 15) is 0 Å². The Balaban J connectivity index is 2.05. The second-order valence-electron chi connectivity index (χ2n) is 6.92. The van der Waals surface area contributed by atoms with Crippen LogP contribution in [0.15, 0.2) is 91.0 Å². The zero-order chi connectivity index (χ0) is 17.0. The van der Waals surface area contributed by atoms with Crippen LogP contribution in [-0.4, -0.2) is 5.80 Å². The largest absolute Gasteiger partial charge is 0.0711 e. The van der Waals surface area contributed by atoms with Gasteiger partial charge in [0.2, 0.25) is 0 Å². The highest BCUT2D eigenvalue weighted by Gasteiger charge is 2.27. The smallest absolute Gasteiger partial charge is 0.0163 e. The van der Waals surface area contributed by atoms with Crippen molar-refractivity contribution in [2.45, 2.75) is 25.7 Å². The molecule has 126 valence electrons. The second-order valence-corrected chi connectivity index (χ2v) is 10.2. The Bertz CT molecular complexity index is 741. The van der Waals surface area contributed by atoms with E-state index in [-0.39, 0.29) is 0 Å². The van der Waals surface area contributed by atoms with Crippen molar-refractivity contribution in [3.8, 4) is 0 Å². The molecule has 3 aromatic rings. The van der Waals surface area contributed by atoms with Crippen LogP contribution in [-0.2, 0) is 0 Å². The van der Waals surface area contributed by atoms with Crippen molar-refractivity contribution in [3.63, 3.8) is 0 Å². The summed E-state index contributed by atoms with van der Waals surface area (Å²) in [7, 11) is 0. The van der Waals surface area contributed by atoms with Gasteiger partial charge < -0.3 is 0 Å². The lowest BCUT2D eigenvalue weighted by atomic mass is 10.1. The molecule has 1 aliphatic rings. The molecule has 0 nitrogen and oxygen atoms in total. The first-order valence-electron chi connectivity index (χ1n) is 9.31. The molecular weight excluding hydrogens is 319 g/mol. The van der Waals surface area contributed by atoms with Crippen LogP contribution in [0.1, 0.15) is 25.7 Å². The molecule has 1 fully saturated rings. The van der Waals surface area contributed by atoms with E-state index in [1.54, 1.807) is 0 Å². The maximum absolute atomic E-state index is 2.75. The molecule has 0 saturated heterocycles. The van der Waals surface area contributed by atoms with Gasteiger partial charge in [0.15, 0.2) is 0 Å². The van der Waals surface area contributed by atoms with Gasteiger partial charge in [0, 0.05) is 0 Å². The molecule has 0 heterocycles. The molecule has 0 aromatic heterocycles. The molecule has 0 bridgehead atoms. The minimum absolute atomic E-state index is 0.731. The predicted octanol–water partition coefficient (Wildman–Crippen LogP) is 4.97. The van der Waals surface area contributed by atoms with E-state index in [0.717, 1.165) is 5.92 Å². The van der Waals surface area contributed by atoms with Crippen molar-refractivity contribution in [1.29, 1.82) is 0 Å². The van der Waals surface area contributed by atoms with Gasteiger partial charge >= 0.3 is 0 Å². The monoisotopic (exact) mass is 344 g/mol. The van der Waals surface area contributed by atoms with E-state index in [0.29, 0.717) is 0 Å². The third-order valence-corrected chi connectivity index (χ3v) is 9.53. The van der Waals surface area contributed by atoms with Crippen LogP contribution in [0, 0.1) is 5.92 Å². The summed E-state index contributed by atoms with van der Waals surface area (Å²) in [6.07, 6.45) is 5.43. The fourth-order valence-electron chi connectivity index (χ4n) is 4.12. The predicted molar refractivity (Wildman–Crippen MR) is 113 cm³/mol. The molecule has 0 amide bonds. The van der Waals surface area contributed by atoms with E-state index in [1.165, 1.54) is 41.6 Å². The fraction of sp³-hybridized carbons (Fsp3) is 0.208. The first-order valence-corrected chi connectivity index (χ1v) is 11.2. The molecule has 0 radical (unpaired) electrons. The van der Waals surface area contributed by atoms with Crippen molar-refractivity contribution < 1.29 is 0 Å². The van der Waals surface area contributed by atoms with Crippen LogP contribution in [0.25, 0.3) is 0 Å². The summed E-state index contributed by atoms with van der Waals surface area (Å²) < 4.78 is 0. The van der Waals surface area contributed by atoms with Gasteiger partial charge in [0.05, 0.1) is 0 Å². The van der Waals surface area contributed by atoms with Gasteiger partial charge in [-0.05, 0) is 41.6 Å². The minimum atomic E-state index is -1.73. The molecule has 0 atom stereocenters. The van der Waals surface area contributed by atoms with Crippen LogP contribution >= 0.6 is 6.89 Å². The minimum Gasteiger partial charge on any atom is -0.0711 e. The lowest BCUT2D eigenvalue weighted by Gasteiger charge is -2.30. The second kappa shape index (κ2) is 7.46. The summed E-state index contributed by atoms with van der Waals surface area (Å²) in [4.78, 5) is 0. The Morgan fingerprint density at radius 1 is 0.560 bits per heavy atom. The summed E-state index contributed by atoms with van der Waals surface area (Å²) >= 11 is 0. The van der Waals surface area contributed by atoms with Crippen LogP contribution in [0.5, 0.6) is 0 Å². The summed E-state index contributed by atoms with van der Waals surface area (Å²) in [6.45, 7) is -1.73. The summed E-state index contributed by atoms with van der Waals surface area (Å²) in [6, 6.07) is 33.5. The lowest BCUT2D eigenvalue weighted by Crippen LogP contribution is -2.28. The van der Waals surface area contributed by atoms with E-state index >= 15 is 0 Å². The average Bonchev–Trinajstić information content (AvgIpc) is 3.21. The van der Waals surface area contributed by atoms with E-state index < -0.39 is 6.89 Å². The average molecular weight is 344 g/mol. The highest BCUT2D eigenvalue weighted by atomic mass is 31.2. The van der Waals surface area contributed by atoms with Gasteiger partial charge in [-0.3, -0.25) is 0 Å². The fourth-order valence-corrected chi connectivity index (χ4v) is 8.39. The Morgan fingerprint density at radius 2 is 0.920 bits per heavy atom. The number of rotatable bonds is 4. The zero-order valence-electron chi connectivity index (χ0n) is 14.6. The van der Waals surface area contributed by atoms with Gasteiger partial charge in [0.25, 0.3) is 0 Å².